The highest BCUT2D eigenvalue weighted by atomic mass is 32.2. The van der Waals surface area contributed by atoms with Crippen molar-refractivity contribution in [3.8, 4) is 22.4 Å². The van der Waals surface area contributed by atoms with Crippen LogP contribution >= 0.6 is 0 Å². The minimum Gasteiger partial charge on any atom is -0.354 e. The summed E-state index contributed by atoms with van der Waals surface area (Å²) in [5.74, 6) is -1.77. The van der Waals surface area contributed by atoms with E-state index in [4.69, 9.17) is 4.52 Å². The molecule has 0 unspecified atom stereocenters. The third kappa shape index (κ3) is 3.22. The summed E-state index contributed by atoms with van der Waals surface area (Å²) < 4.78 is 68.9. The second kappa shape index (κ2) is 6.56. The molecular weight excluding hydrogens is 369 g/mol. The van der Waals surface area contributed by atoms with E-state index in [1.54, 1.807) is 19.1 Å². The molecule has 0 N–H and O–H groups in total. The first-order valence-corrected chi connectivity index (χ1v) is 9.29. The van der Waals surface area contributed by atoms with Gasteiger partial charge in [-0.3, -0.25) is 4.98 Å². The van der Waals surface area contributed by atoms with Gasteiger partial charge in [0.1, 0.15) is 16.4 Å². The highest BCUT2D eigenvalue weighted by molar-refractivity contribution is 7.90. The van der Waals surface area contributed by atoms with Crippen LogP contribution in [0.1, 0.15) is 17.9 Å². The lowest BCUT2D eigenvalue weighted by atomic mass is 9.98. The molecule has 2 heterocycles. The minimum atomic E-state index is -3.79. The third-order valence-corrected chi connectivity index (χ3v) is 4.93. The molecule has 5 nitrogen and oxygen atoms in total. The number of aromatic nitrogens is 2. The number of rotatable bonds is 4. The van der Waals surface area contributed by atoms with Crippen LogP contribution in [0.4, 0.5) is 13.2 Å². The van der Waals surface area contributed by atoms with Gasteiger partial charge in [-0.05, 0) is 36.8 Å². The highest BCUT2D eigenvalue weighted by Gasteiger charge is 2.27. The van der Waals surface area contributed by atoms with Crippen LogP contribution < -0.4 is 0 Å². The smallest absolute Gasteiger partial charge is 0.298 e. The average Bonchev–Trinajstić information content (AvgIpc) is 2.99. The number of halogens is 3. The Hall–Kier alpha value is -2.68. The standard InChI is InChI=1S/C17H13F3N2O3S/c1-9-11(4-3-7-21-9)15-14(16(17(19)20)25-22-15)10-5-6-13(12(18)8-10)26(2,23)24/h3-8,17H,1-2H3. The second-order valence-corrected chi connectivity index (χ2v) is 7.61. The summed E-state index contributed by atoms with van der Waals surface area (Å²) in [6, 6.07) is 6.38. The molecule has 3 rings (SSSR count). The molecule has 136 valence electrons. The molecule has 0 aliphatic carbocycles. The maximum absolute atomic E-state index is 14.3. The van der Waals surface area contributed by atoms with Crippen LogP contribution in [-0.4, -0.2) is 24.8 Å². The van der Waals surface area contributed by atoms with Gasteiger partial charge < -0.3 is 4.52 Å². The molecule has 0 amide bonds. The average molecular weight is 382 g/mol. The molecule has 1 aromatic carbocycles. The Balaban J connectivity index is 2.26. The molecule has 9 heteroatoms. The molecule has 0 saturated heterocycles. The summed E-state index contributed by atoms with van der Waals surface area (Å²) in [4.78, 5) is 3.57. The first kappa shape index (κ1) is 18.1. The van der Waals surface area contributed by atoms with Gasteiger partial charge in [-0.25, -0.2) is 21.6 Å². The first-order valence-electron chi connectivity index (χ1n) is 7.40. The molecule has 3 aromatic rings. The number of aryl methyl sites for hydroxylation is 1. The molecule has 0 radical (unpaired) electrons. The normalized spacial score (nSPS) is 11.9. The summed E-state index contributed by atoms with van der Waals surface area (Å²) >= 11 is 0. The van der Waals surface area contributed by atoms with Gasteiger partial charge in [0.15, 0.2) is 9.84 Å². The number of alkyl halides is 2. The van der Waals surface area contributed by atoms with E-state index in [9.17, 15) is 21.6 Å². The van der Waals surface area contributed by atoms with Gasteiger partial charge in [0.25, 0.3) is 6.43 Å². The fourth-order valence-electron chi connectivity index (χ4n) is 2.61. The quantitative estimate of drug-likeness (QED) is 0.676. The summed E-state index contributed by atoms with van der Waals surface area (Å²) in [6.45, 7) is 1.67. The molecule has 0 fully saturated rings. The fraction of sp³-hybridized carbons (Fsp3) is 0.176. The fourth-order valence-corrected chi connectivity index (χ4v) is 3.33. The molecule has 0 spiro atoms. The molecular formula is C17H13F3N2O3S. The summed E-state index contributed by atoms with van der Waals surface area (Å²) in [5, 5.41) is 3.71. The Kier molecular flexibility index (Phi) is 4.57. The molecule has 2 aromatic heterocycles. The number of sulfone groups is 1. The Morgan fingerprint density at radius 3 is 2.50 bits per heavy atom. The van der Waals surface area contributed by atoms with E-state index in [-0.39, 0.29) is 16.8 Å². The number of benzene rings is 1. The van der Waals surface area contributed by atoms with Gasteiger partial charge in [-0.15, -0.1) is 0 Å². The zero-order valence-corrected chi connectivity index (χ0v) is 14.5. The van der Waals surface area contributed by atoms with E-state index >= 15 is 0 Å². The molecule has 0 atom stereocenters. The van der Waals surface area contributed by atoms with Crippen molar-refractivity contribution < 1.29 is 26.1 Å². The van der Waals surface area contributed by atoms with Crippen molar-refractivity contribution in [1.29, 1.82) is 0 Å². The minimum absolute atomic E-state index is 0.0321. The highest BCUT2D eigenvalue weighted by Crippen LogP contribution is 2.40. The topological polar surface area (TPSA) is 73.1 Å². The van der Waals surface area contributed by atoms with E-state index in [1.807, 2.05) is 0 Å². The van der Waals surface area contributed by atoms with Crippen LogP contribution in [0.15, 0.2) is 45.9 Å². The predicted molar refractivity (Wildman–Crippen MR) is 87.9 cm³/mol. The SMILES string of the molecule is Cc1ncccc1-c1noc(C(F)F)c1-c1ccc(S(C)(=O)=O)c(F)c1. The van der Waals surface area contributed by atoms with E-state index in [0.29, 0.717) is 11.3 Å². The Labute approximate surface area is 147 Å². The lowest BCUT2D eigenvalue weighted by Crippen LogP contribution is -2.01. The van der Waals surface area contributed by atoms with Gasteiger partial charge in [0.05, 0.1) is 5.56 Å². The maximum atomic E-state index is 14.3. The van der Waals surface area contributed by atoms with Crippen molar-refractivity contribution in [2.75, 3.05) is 6.26 Å². The van der Waals surface area contributed by atoms with Crippen LogP contribution in [-0.2, 0) is 9.84 Å². The summed E-state index contributed by atoms with van der Waals surface area (Å²) in [5.41, 5.74) is 0.985. The second-order valence-electron chi connectivity index (χ2n) is 5.62. The van der Waals surface area contributed by atoms with E-state index in [2.05, 4.69) is 10.1 Å². The van der Waals surface area contributed by atoms with Crippen molar-refractivity contribution in [1.82, 2.24) is 10.1 Å². The monoisotopic (exact) mass is 382 g/mol. The number of nitrogens with zero attached hydrogens (tertiary/aromatic N) is 2. The van der Waals surface area contributed by atoms with E-state index in [1.165, 1.54) is 12.3 Å². The number of pyridine rings is 1. The van der Waals surface area contributed by atoms with Crippen molar-refractivity contribution in [2.45, 2.75) is 18.2 Å². The third-order valence-electron chi connectivity index (χ3n) is 3.80. The lowest BCUT2D eigenvalue weighted by molar-refractivity contribution is 0.113. The van der Waals surface area contributed by atoms with Crippen molar-refractivity contribution in [3.05, 3.63) is 53.8 Å². The van der Waals surface area contributed by atoms with E-state index < -0.39 is 32.7 Å². The number of hydrogen-bond donors (Lipinski definition) is 0. The summed E-state index contributed by atoms with van der Waals surface area (Å²) in [6.07, 6.45) is -0.590. The van der Waals surface area contributed by atoms with Gasteiger partial charge >= 0.3 is 0 Å². The van der Waals surface area contributed by atoms with Crippen molar-refractivity contribution in [2.24, 2.45) is 0 Å². The number of hydrogen-bond acceptors (Lipinski definition) is 5. The van der Waals surface area contributed by atoms with E-state index in [0.717, 1.165) is 18.4 Å². The van der Waals surface area contributed by atoms with Crippen LogP contribution in [0.5, 0.6) is 0 Å². The van der Waals surface area contributed by atoms with Crippen LogP contribution in [0.3, 0.4) is 0 Å². The first-order chi connectivity index (χ1) is 12.2. The Morgan fingerprint density at radius 1 is 1.19 bits per heavy atom. The van der Waals surface area contributed by atoms with Gasteiger partial charge in [-0.2, -0.15) is 0 Å². The van der Waals surface area contributed by atoms with Crippen LogP contribution in [0, 0.1) is 12.7 Å². The van der Waals surface area contributed by atoms with Gasteiger partial charge in [-0.1, -0.05) is 11.2 Å². The largest absolute Gasteiger partial charge is 0.354 e. The maximum Gasteiger partial charge on any atom is 0.298 e. The Bertz CT molecular complexity index is 1080. The van der Waals surface area contributed by atoms with Gasteiger partial charge in [0.2, 0.25) is 5.76 Å². The molecule has 0 aliphatic rings. The molecule has 0 aliphatic heterocycles. The molecule has 0 saturated carbocycles. The van der Waals surface area contributed by atoms with Crippen LogP contribution in [0.25, 0.3) is 22.4 Å². The van der Waals surface area contributed by atoms with Crippen molar-refractivity contribution in [3.63, 3.8) is 0 Å². The van der Waals surface area contributed by atoms with Crippen molar-refractivity contribution >= 4 is 9.84 Å². The lowest BCUT2D eigenvalue weighted by Gasteiger charge is -2.08. The zero-order valence-electron chi connectivity index (χ0n) is 13.7. The molecule has 0 bridgehead atoms. The Morgan fingerprint density at radius 2 is 1.92 bits per heavy atom. The van der Waals surface area contributed by atoms with Gasteiger partial charge in [0, 0.05) is 23.7 Å². The summed E-state index contributed by atoms with van der Waals surface area (Å²) in [7, 11) is -3.79. The van der Waals surface area contributed by atoms with Crippen LogP contribution in [0.2, 0.25) is 0 Å². The zero-order chi connectivity index (χ0) is 19.1. The predicted octanol–water partition coefficient (Wildman–Crippen LogP) is 4.19. The molecule has 26 heavy (non-hydrogen) atoms.